The predicted molar refractivity (Wildman–Crippen MR) is 99.0 cm³/mol. The molecule has 146 valence electrons. The van der Waals surface area contributed by atoms with Crippen LogP contribution in [-0.4, -0.2) is 59.5 Å². The van der Waals surface area contributed by atoms with Crippen molar-refractivity contribution in [2.75, 3.05) is 6.61 Å². The number of ether oxygens (including phenoxy) is 2. The normalized spacial score (nSPS) is 16.1. The van der Waals surface area contributed by atoms with Gasteiger partial charge in [-0.3, -0.25) is 0 Å². The molecule has 0 saturated carbocycles. The Kier molecular flexibility index (Phi) is 8.53. The fraction of sp³-hybridized carbons (Fsp3) is 0.500. The van der Waals surface area contributed by atoms with Crippen molar-refractivity contribution < 1.29 is 32.5 Å². The first-order valence-electron chi connectivity index (χ1n) is 8.24. The van der Waals surface area contributed by atoms with Gasteiger partial charge in [-0.05, 0) is 25.0 Å². The summed E-state index contributed by atoms with van der Waals surface area (Å²) >= 11 is 6.21. The average Bonchev–Trinajstić information content (AvgIpc) is 2.56. The molecule has 0 aliphatic carbocycles. The van der Waals surface area contributed by atoms with Gasteiger partial charge in [-0.15, -0.1) is 0 Å². The van der Waals surface area contributed by atoms with Gasteiger partial charge in [-0.25, -0.2) is 4.79 Å². The molecule has 1 unspecified atom stereocenters. The van der Waals surface area contributed by atoms with Crippen molar-refractivity contribution in [1.82, 2.24) is 0 Å². The number of carbonyl (C=O) groups is 1. The van der Waals surface area contributed by atoms with E-state index >= 15 is 0 Å². The Morgan fingerprint density at radius 3 is 2.44 bits per heavy atom. The van der Waals surface area contributed by atoms with Gasteiger partial charge in [0.1, 0.15) is 11.5 Å². The van der Waals surface area contributed by atoms with E-state index in [4.69, 9.17) is 26.2 Å². The Labute approximate surface area is 183 Å². The zero-order chi connectivity index (χ0) is 19.6. The monoisotopic (exact) mass is 416 g/mol. The third-order valence-corrected chi connectivity index (χ3v) is 4.71. The average molecular weight is 417 g/mol. The number of fused-ring (bicyclic) bond motifs is 1. The molecule has 0 fully saturated rings. The van der Waals surface area contributed by atoms with Crippen LogP contribution in [0.3, 0.4) is 0 Å². The van der Waals surface area contributed by atoms with E-state index in [2.05, 4.69) is 0 Å². The van der Waals surface area contributed by atoms with E-state index in [1.165, 1.54) is 6.07 Å². The Morgan fingerprint density at radius 1 is 1.37 bits per heavy atom. The summed E-state index contributed by atoms with van der Waals surface area (Å²) in [7, 11) is 0. The van der Waals surface area contributed by atoms with Crippen molar-refractivity contribution in [1.29, 1.82) is 0 Å². The molecular weight excluding hydrogens is 396 g/mol. The minimum absolute atomic E-state index is 0. The fourth-order valence-corrected chi connectivity index (χ4v) is 3.09. The Hall–Kier alpha value is -0.890. The van der Waals surface area contributed by atoms with Crippen LogP contribution in [0.1, 0.15) is 37.8 Å². The molecule has 9 heteroatoms. The van der Waals surface area contributed by atoms with Gasteiger partial charge >= 0.3 is 41.7 Å². The molecule has 0 amide bonds. The molecule has 0 aromatic heterocycles. The maximum absolute atomic E-state index is 13.2. The number of carboxylic acids is 1. The van der Waals surface area contributed by atoms with Crippen LogP contribution in [0.15, 0.2) is 11.6 Å². The number of aliphatic carboxylic acids is 1. The molecule has 1 aliphatic rings. The number of carboxylic acid groups (broad SMARTS) is 1. The van der Waals surface area contributed by atoms with Crippen molar-refractivity contribution in [2.45, 2.75) is 45.9 Å². The summed E-state index contributed by atoms with van der Waals surface area (Å²) in [5, 5.41) is 9.28. The van der Waals surface area contributed by atoms with E-state index < -0.39 is 23.8 Å². The zero-order valence-corrected chi connectivity index (χ0v) is 15.4. The van der Waals surface area contributed by atoms with Crippen LogP contribution in [0.2, 0.25) is 5.02 Å². The molecule has 1 heterocycles. The molecule has 1 aliphatic heterocycles. The summed E-state index contributed by atoms with van der Waals surface area (Å²) in [5.41, 5.74) is -0.389. The van der Waals surface area contributed by atoms with Crippen LogP contribution >= 0.6 is 11.6 Å². The first kappa shape index (κ1) is 24.1. The Balaban J connectivity index is 0.00000364. The van der Waals surface area contributed by atoms with E-state index in [0.717, 1.165) is 18.9 Å². The molecular formula is C18H21ClF3NaO4. The van der Waals surface area contributed by atoms with Gasteiger partial charge < -0.3 is 14.6 Å². The standard InChI is InChI=1S/C18H20ClF3O4.Na.H/c1-4-10(5-2)8-25-15-9(3)14-11(7-13(15)19)6-12(17(23)24)16(26-14)18(20,21)22;;/h6-7,10,16H,4-5,8H2,1-3H3,(H,23,24);;. The van der Waals surface area contributed by atoms with Crippen molar-refractivity contribution in [2.24, 2.45) is 5.92 Å². The predicted octanol–water partition coefficient (Wildman–Crippen LogP) is 4.61. The first-order chi connectivity index (χ1) is 12.1. The molecule has 0 spiro atoms. The number of halogens is 4. The van der Waals surface area contributed by atoms with E-state index in [9.17, 15) is 18.0 Å². The second kappa shape index (κ2) is 9.54. The molecule has 4 nitrogen and oxygen atoms in total. The second-order valence-corrected chi connectivity index (χ2v) is 6.58. The molecule has 1 N–H and O–H groups in total. The topological polar surface area (TPSA) is 55.8 Å². The molecule has 27 heavy (non-hydrogen) atoms. The van der Waals surface area contributed by atoms with Crippen molar-refractivity contribution in [3.8, 4) is 11.5 Å². The van der Waals surface area contributed by atoms with Gasteiger partial charge in [0.2, 0.25) is 6.10 Å². The van der Waals surface area contributed by atoms with Crippen LogP contribution in [0.25, 0.3) is 6.08 Å². The van der Waals surface area contributed by atoms with Crippen LogP contribution in [0.5, 0.6) is 11.5 Å². The molecule has 1 aromatic carbocycles. The SMILES string of the molecule is CCC(CC)COc1c(Cl)cc2c(c1C)OC(C(F)(F)F)C(C(=O)O)=C2.[NaH]. The number of benzene rings is 1. The number of hydrogen-bond donors (Lipinski definition) is 1. The summed E-state index contributed by atoms with van der Waals surface area (Å²) < 4.78 is 50.4. The van der Waals surface area contributed by atoms with E-state index in [-0.39, 0.29) is 51.6 Å². The van der Waals surface area contributed by atoms with Crippen LogP contribution in [0, 0.1) is 12.8 Å². The minimum atomic E-state index is -4.86. The summed E-state index contributed by atoms with van der Waals surface area (Å²) in [6, 6.07) is 1.36. The Bertz CT molecular complexity index is 730. The molecule has 0 radical (unpaired) electrons. The molecule has 0 bridgehead atoms. The number of alkyl halides is 3. The summed E-state index contributed by atoms with van der Waals surface area (Å²) in [6.07, 6.45) is -4.66. The second-order valence-electron chi connectivity index (χ2n) is 6.17. The van der Waals surface area contributed by atoms with Gasteiger partial charge in [-0.2, -0.15) is 13.2 Å². The molecule has 0 saturated heterocycles. The summed E-state index contributed by atoms with van der Waals surface area (Å²) in [4.78, 5) is 11.2. The van der Waals surface area contributed by atoms with Gasteiger partial charge in [0, 0.05) is 11.1 Å². The van der Waals surface area contributed by atoms with E-state index in [1.807, 2.05) is 13.8 Å². The van der Waals surface area contributed by atoms with E-state index in [1.54, 1.807) is 6.92 Å². The van der Waals surface area contributed by atoms with Crippen LogP contribution in [-0.2, 0) is 4.79 Å². The number of hydrogen-bond acceptors (Lipinski definition) is 3. The third-order valence-electron chi connectivity index (χ3n) is 4.43. The fourth-order valence-electron chi connectivity index (χ4n) is 2.77. The van der Waals surface area contributed by atoms with Crippen molar-refractivity contribution in [3.05, 3.63) is 27.8 Å². The van der Waals surface area contributed by atoms with Gasteiger partial charge in [0.25, 0.3) is 0 Å². The molecule has 1 atom stereocenters. The molecule has 2 rings (SSSR count). The number of rotatable bonds is 6. The zero-order valence-electron chi connectivity index (χ0n) is 14.6. The maximum atomic E-state index is 13.2. The Morgan fingerprint density at radius 2 is 1.96 bits per heavy atom. The van der Waals surface area contributed by atoms with Gasteiger partial charge in [0.15, 0.2) is 0 Å². The first-order valence-corrected chi connectivity index (χ1v) is 8.62. The van der Waals surface area contributed by atoms with Crippen LogP contribution < -0.4 is 9.47 Å². The molecule has 1 aromatic rings. The van der Waals surface area contributed by atoms with Crippen molar-refractivity contribution >= 4 is 53.2 Å². The van der Waals surface area contributed by atoms with Gasteiger partial charge in [0.05, 0.1) is 17.2 Å². The van der Waals surface area contributed by atoms with Crippen molar-refractivity contribution in [3.63, 3.8) is 0 Å². The van der Waals surface area contributed by atoms with Gasteiger partial charge in [-0.1, -0.05) is 38.3 Å². The van der Waals surface area contributed by atoms with Crippen LogP contribution in [0.4, 0.5) is 13.2 Å². The van der Waals surface area contributed by atoms with E-state index in [0.29, 0.717) is 18.1 Å². The third kappa shape index (κ3) is 5.34. The summed E-state index contributed by atoms with van der Waals surface area (Å²) in [6.45, 7) is 5.97. The summed E-state index contributed by atoms with van der Waals surface area (Å²) in [5.74, 6) is -1.21. The quantitative estimate of drug-likeness (QED) is 0.688.